The second kappa shape index (κ2) is 7.53. The highest BCUT2D eigenvalue weighted by atomic mass is 16.5. The van der Waals surface area contributed by atoms with Crippen LogP contribution in [-0.2, 0) is 20.9 Å². The Morgan fingerprint density at radius 2 is 1.62 bits per heavy atom. The van der Waals surface area contributed by atoms with E-state index in [4.69, 9.17) is 4.74 Å². The Kier molecular flexibility index (Phi) is 5.15. The molecule has 0 saturated carbocycles. The summed E-state index contributed by atoms with van der Waals surface area (Å²) >= 11 is 0. The number of hydrazine groups is 1. The van der Waals surface area contributed by atoms with Gasteiger partial charge in [-0.2, -0.15) is 0 Å². The minimum Gasteiger partial charge on any atom is -0.456 e. The van der Waals surface area contributed by atoms with Gasteiger partial charge in [-0.15, -0.1) is 0 Å². The summed E-state index contributed by atoms with van der Waals surface area (Å²) in [6.45, 7) is 0.0951. The summed E-state index contributed by atoms with van der Waals surface area (Å²) in [7, 11) is 0. The lowest BCUT2D eigenvalue weighted by atomic mass is 10.2. The Morgan fingerprint density at radius 1 is 1.00 bits per heavy atom. The van der Waals surface area contributed by atoms with Crippen LogP contribution >= 0.6 is 0 Å². The summed E-state index contributed by atoms with van der Waals surface area (Å²) in [6, 6.07) is 18.3. The monoisotopic (exact) mass is 282 g/mol. The predicted molar refractivity (Wildman–Crippen MR) is 78.6 cm³/mol. The van der Waals surface area contributed by atoms with Gasteiger partial charge in [0.25, 0.3) is 0 Å². The van der Waals surface area contributed by atoms with Crippen LogP contribution in [0.4, 0.5) is 5.69 Å². The molecule has 0 heterocycles. The summed E-state index contributed by atoms with van der Waals surface area (Å²) in [5, 5.41) is 0. The Labute approximate surface area is 122 Å². The molecule has 2 rings (SSSR count). The molecule has 0 aliphatic heterocycles. The number of esters is 1. The number of carbonyl (C=O) groups excluding carboxylic acids is 2. The number of ether oxygens (including phenoxy) is 1. The van der Waals surface area contributed by atoms with E-state index in [1.165, 1.54) is 5.94 Å². The third kappa shape index (κ3) is 4.53. The molecular formula is C16H14N2O3. The fourth-order valence-corrected chi connectivity index (χ4v) is 1.57. The zero-order valence-electron chi connectivity index (χ0n) is 11.2. The second-order valence-electron chi connectivity index (χ2n) is 4.15. The van der Waals surface area contributed by atoms with Crippen molar-refractivity contribution in [1.82, 2.24) is 5.43 Å². The number of rotatable bonds is 6. The summed E-state index contributed by atoms with van der Waals surface area (Å²) in [5.74, 6) is 0.760. The number of hydrogen-bond donors (Lipinski definition) is 2. The predicted octanol–water partition coefficient (Wildman–Crippen LogP) is 2.06. The van der Waals surface area contributed by atoms with Gasteiger partial charge in [0.15, 0.2) is 5.94 Å². The van der Waals surface area contributed by atoms with Gasteiger partial charge in [-0.3, -0.25) is 5.43 Å². The second-order valence-corrected chi connectivity index (χ2v) is 4.15. The molecule has 0 bridgehead atoms. The zero-order valence-corrected chi connectivity index (χ0v) is 11.2. The highest BCUT2D eigenvalue weighted by Crippen LogP contribution is 2.05. The average Bonchev–Trinajstić information content (AvgIpc) is 2.55. The highest BCUT2D eigenvalue weighted by molar-refractivity contribution is 5.96. The molecule has 106 valence electrons. The largest absolute Gasteiger partial charge is 0.456 e. The van der Waals surface area contributed by atoms with Gasteiger partial charge >= 0.3 is 5.97 Å². The summed E-state index contributed by atoms with van der Waals surface area (Å²) in [5.41, 5.74) is 6.45. The first kappa shape index (κ1) is 14.4. The van der Waals surface area contributed by atoms with Crippen LogP contribution < -0.4 is 10.9 Å². The molecule has 0 unspecified atom stereocenters. The molecule has 2 N–H and O–H groups in total. The SMILES string of the molecule is O=C=C(NNc1ccccc1)C(=O)OCc1ccccc1. The summed E-state index contributed by atoms with van der Waals surface area (Å²) < 4.78 is 5.03. The molecule has 5 heteroatoms. The van der Waals surface area contributed by atoms with Crippen molar-refractivity contribution < 1.29 is 14.3 Å². The van der Waals surface area contributed by atoms with Crippen molar-refractivity contribution in [2.45, 2.75) is 6.61 Å². The lowest BCUT2D eigenvalue weighted by Crippen LogP contribution is -2.28. The van der Waals surface area contributed by atoms with E-state index in [1.807, 2.05) is 48.5 Å². The Balaban J connectivity index is 1.86. The standard InChI is InChI=1S/C16H14N2O3/c19-11-15(18-17-14-9-5-2-6-10-14)16(20)21-12-13-7-3-1-4-8-13/h1-10,17-18H,12H2. The maximum absolute atomic E-state index is 11.7. The first-order valence-corrected chi connectivity index (χ1v) is 6.33. The number of nitrogens with one attached hydrogen (secondary N) is 2. The van der Waals surface area contributed by atoms with E-state index in [2.05, 4.69) is 10.9 Å². The Bertz CT molecular complexity index is 635. The quantitative estimate of drug-likeness (QED) is 0.367. The van der Waals surface area contributed by atoms with Crippen LogP contribution in [0, 0.1) is 0 Å². The van der Waals surface area contributed by atoms with Crippen LogP contribution in [0.1, 0.15) is 5.56 Å². The van der Waals surface area contributed by atoms with Gasteiger partial charge < -0.3 is 10.2 Å². The van der Waals surface area contributed by atoms with E-state index < -0.39 is 5.97 Å². The van der Waals surface area contributed by atoms with E-state index >= 15 is 0 Å². The summed E-state index contributed by atoms with van der Waals surface area (Å²) in [6.07, 6.45) is 0. The number of benzene rings is 2. The van der Waals surface area contributed by atoms with Crippen molar-refractivity contribution >= 4 is 17.6 Å². The molecular weight excluding hydrogens is 268 g/mol. The minimum absolute atomic E-state index is 0.0951. The molecule has 0 amide bonds. The maximum Gasteiger partial charge on any atom is 0.368 e. The van der Waals surface area contributed by atoms with Gasteiger partial charge in [0, 0.05) is 0 Å². The minimum atomic E-state index is -0.766. The highest BCUT2D eigenvalue weighted by Gasteiger charge is 2.12. The first-order chi connectivity index (χ1) is 10.3. The van der Waals surface area contributed by atoms with Crippen LogP contribution in [0.2, 0.25) is 0 Å². The van der Waals surface area contributed by atoms with Crippen molar-refractivity contribution in [3.05, 3.63) is 71.9 Å². The zero-order chi connectivity index (χ0) is 14.9. The third-order valence-corrected chi connectivity index (χ3v) is 2.62. The van der Waals surface area contributed by atoms with Gasteiger partial charge in [-0.05, 0) is 17.7 Å². The Hall–Kier alpha value is -3.04. The topological polar surface area (TPSA) is 67.4 Å². The number of anilines is 1. The van der Waals surface area contributed by atoms with Crippen LogP contribution in [0.3, 0.4) is 0 Å². The summed E-state index contributed by atoms with van der Waals surface area (Å²) in [4.78, 5) is 22.6. The van der Waals surface area contributed by atoms with Gasteiger partial charge in [0.1, 0.15) is 6.61 Å². The van der Waals surface area contributed by atoms with E-state index in [1.54, 1.807) is 12.1 Å². The van der Waals surface area contributed by atoms with Gasteiger partial charge in [-0.1, -0.05) is 48.5 Å². The smallest absolute Gasteiger partial charge is 0.368 e. The molecule has 0 aliphatic rings. The molecule has 0 aliphatic carbocycles. The molecule has 0 spiro atoms. The first-order valence-electron chi connectivity index (χ1n) is 6.33. The normalized spacial score (nSPS) is 9.33. The van der Waals surface area contributed by atoms with E-state index in [0.29, 0.717) is 5.69 Å². The van der Waals surface area contributed by atoms with Crippen LogP contribution in [0.15, 0.2) is 66.4 Å². The Morgan fingerprint density at radius 3 is 2.24 bits per heavy atom. The molecule has 2 aromatic rings. The maximum atomic E-state index is 11.7. The van der Waals surface area contributed by atoms with Crippen molar-refractivity contribution in [2.24, 2.45) is 0 Å². The molecule has 0 fully saturated rings. The molecule has 0 saturated heterocycles. The molecule has 2 aromatic carbocycles. The van der Waals surface area contributed by atoms with E-state index in [9.17, 15) is 9.59 Å². The van der Waals surface area contributed by atoms with Crippen LogP contribution in [0.5, 0.6) is 0 Å². The molecule has 0 radical (unpaired) electrons. The number of carbonyl (C=O) groups is 1. The fraction of sp³-hybridized carbons (Fsp3) is 0.0625. The lowest BCUT2D eigenvalue weighted by Gasteiger charge is -2.10. The number of para-hydroxylation sites is 1. The van der Waals surface area contributed by atoms with Crippen molar-refractivity contribution in [2.75, 3.05) is 5.43 Å². The fourth-order valence-electron chi connectivity index (χ4n) is 1.57. The molecule has 5 nitrogen and oxygen atoms in total. The van der Waals surface area contributed by atoms with Crippen molar-refractivity contribution in [3.63, 3.8) is 0 Å². The van der Waals surface area contributed by atoms with Crippen molar-refractivity contribution in [3.8, 4) is 0 Å². The average molecular weight is 282 g/mol. The molecule has 21 heavy (non-hydrogen) atoms. The third-order valence-electron chi connectivity index (χ3n) is 2.62. The van der Waals surface area contributed by atoms with Crippen molar-refractivity contribution in [1.29, 1.82) is 0 Å². The van der Waals surface area contributed by atoms with E-state index in [-0.39, 0.29) is 12.3 Å². The lowest BCUT2D eigenvalue weighted by molar-refractivity contribution is -0.140. The van der Waals surface area contributed by atoms with Crippen LogP contribution in [-0.4, -0.2) is 11.9 Å². The van der Waals surface area contributed by atoms with Gasteiger partial charge in [-0.25, -0.2) is 9.59 Å². The van der Waals surface area contributed by atoms with E-state index in [0.717, 1.165) is 5.56 Å². The van der Waals surface area contributed by atoms with Crippen LogP contribution in [0.25, 0.3) is 0 Å². The number of hydrogen-bond acceptors (Lipinski definition) is 5. The van der Waals surface area contributed by atoms with Gasteiger partial charge in [0.2, 0.25) is 5.70 Å². The molecule has 0 aromatic heterocycles. The van der Waals surface area contributed by atoms with Gasteiger partial charge in [0.05, 0.1) is 5.69 Å². The molecule has 0 atom stereocenters.